The van der Waals surface area contributed by atoms with Crippen LogP contribution < -0.4 is 5.32 Å². The fourth-order valence-corrected chi connectivity index (χ4v) is 3.65. The molecule has 0 saturated carbocycles. The van der Waals surface area contributed by atoms with Gasteiger partial charge in [0.05, 0.1) is 13.1 Å². The van der Waals surface area contributed by atoms with E-state index in [1.54, 1.807) is 11.8 Å². The molecular weight excluding hydrogens is 326 g/mol. The van der Waals surface area contributed by atoms with Crippen LogP contribution in [0.3, 0.4) is 0 Å². The number of piperidine rings is 1. The number of carbonyl (C=O) groups excluding carboxylic acids is 2. The molecule has 3 rings (SSSR count). The van der Waals surface area contributed by atoms with E-state index in [1.165, 1.54) is 11.1 Å². The van der Waals surface area contributed by atoms with E-state index in [1.807, 2.05) is 0 Å². The lowest BCUT2D eigenvalue weighted by Crippen LogP contribution is -2.42. The summed E-state index contributed by atoms with van der Waals surface area (Å²) < 4.78 is 0. The summed E-state index contributed by atoms with van der Waals surface area (Å²) in [6, 6.07) is 8.58. The highest BCUT2D eigenvalue weighted by molar-refractivity contribution is 5.79. The van der Waals surface area contributed by atoms with E-state index in [0.29, 0.717) is 19.6 Å². The van der Waals surface area contributed by atoms with Crippen LogP contribution in [0.1, 0.15) is 30.9 Å². The van der Waals surface area contributed by atoms with Gasteiger partial charge in [-0.05, 0) is 30.4 Å². The largest absolute Gasteiger partial charge is 0.345 e. The first-order valence-electron chi connectivity index (χ1n) is 9.41. The molecule has 138 valence electrons. The lowest BCUT2D eigenvalue weighted by atomic mass is 9.96. The van der Waals surface area contributed by atoms with Crippen LogP contribution in [-0.2, 0) is 22.6 Å². The number of nitrogens with one attached hydrogen (secondary N) is 1. The number of carbonyl (C=O) groups is 2. The molecule has 0 spiro atoms. The van der Waals surface area contributed by atoms with Crippen LogP contribution >= 0.6 is 0 Å². The van der Waals surface area contributed by atoms with Crippen LogP contribution in [0.2, 0.25) is 0 Å². The lowest BCUT2D eigenvalue weighted by molar-refractivity contribution is -0.133. The zero-order valence-electron chi connectivity index (χ0n) is 15.5. The highest BCUT2D eigenvalue weighted by Crippen LogP contribution is 2.18. The van der Waals surface area contributed by atoms with Gasteiger partial charge in [-0.1, -0.05) is 36.1 Å². The minimum absolute atomic E-state index is 0.00555. The van der Waals surface area contributed by atoms with Gasteiger partial charge in [0.15, 0.2) is 0 Å². The second kappa shape index (κ2) is 8.86. The van der Waals surface area contributed by atoms with Gasteiger partial charge in [0.2, 0.25) is 11.8 Å². The molecule has 0 unspecified atom stereocenters. The standard InChI is InChI=1S/C21H27N3O2/c1-17(25)24-14-9-19(10-15-24)21(26)22-11-4-5-12-23-13-8-18-6-2-3-7-20(18)16-23/h2-3,6-7,19H,8-16H2,1H3,(H,22,26). The number of benzene rings is 1. The Hall–Kier alpha value is -2.32. The molecule has 0 bridgehead atoms. The van der Waals surface area contributed by atoms with Gasteiger partial charge in [-0.3, -0.25) is 14.5 Å². The molecule has 0 radical (unpaired) electrons. The predicted molar refractivity (Wildman–Crippen MR) is 101 cm³/mol. The SMILES string of the molecule is CC(=O)N1CCC(C(=O)NCC#CCN2CCc3ccccc3C2)CC1. The molecule has 1 N–H and O–H groups in total. The highest BCUT2D eigenvalue weighted by atomic mass is 16.2. The van der Waals surface area contributed by atoms with Crippen LogP contribution in [0.25, 0.3) is 0 Å². The van der Waals surface area contributed by atoms with Crippen molar-refractivity contribution in [3.63, 3.8) is 0 Å². The Morgan fingerprint density at radius 2 is 1.85 bits per heavy atom. The third-order valence-corrected chi connectivity index (χ3v) is 5.30. The number of likely N-dealkylation sites (tertiary alicyclic amines) is 1. The van der Waals surface area contributed by atoms with E-state index in [2.05, 4.69) is 46.3 Å². The second-order valence-corrected chi connectivity index (χ2v) is 7.08. The van der Waals surface area contributed by atoms with E-state index in [4.69, 9.17) is 0 Å². The van der Waals surface area contributed by atoms with Gasteiger partial charge in [-0.2, -0.15) is 0 Å². The Bertz CT molecular complexity index is 711. The summed E-state index contributed by atoms with van der Waals surface area (Å²) in [5.74, 6) is 6.40. The zero-order chi connectivity index (χ0) is 18.4. The molecular formula is C21H27N3O2. The summed E-state index contributed by atoms with van der Waals surface area (Å²) >= 11 is 0. The van der Waals surface area contributed by atoms with E-state index >= 15 is 0 Å². The molecule has 0 atom stereocenters. The molecule has 26 heavy (non-hydrogen) atoms. The van der Waals surface area contributed by atoms with Gasteiger partial charge in [0, 0.05) is 39.0 Å². The number of amides is 2. The Morgan fingerprint density at radius 1 is 1.12 bits per heavy atom. The highest BCUT2D eigenvalue weighted by Gasteiger charge is 2.25. The molecule has 2 amide bonds. The van der Waals surface area contributed by atoms with Crippen molar-refractivity contribution < 1.29 is 9.59 Å². The van der Waals surface area contributed by atoms with Gasteiger partial charge < -0.3 is 10.2 Å². The van der Waals surface area contributed by atoms with Gasteiger partial charge in [0.25, 0.3) is 0 Å². The fraction of sp³-hybridized carbons (Fsp3) is 0.524. The maximum absolute atomic E-state index is 12.2. The molecule has 5 heteroatoms. The van der Waals surface area contributed by atoms with Crippen molar-refractivity contribution in [2.45, 2.75) is 32.7 Å². The maximum atomic E-state index is 12.2. The first-order chi connectivity index (χ1) is 12.6. The van der Waals surface area contributed by atoms with E-state index < -0.39 is 0 Å². The average molecular weight is 353 g/mol. The Balaban J connectivity index is 1.36. The number of rotatable bonds is 3. The number of hydrogen-bond donors (Lipinski definition) is 1. The molecule has 2 aliphatic rings. The summed E-state index contributed by atoms with van der Waals surface area (Å²) in [7, 11) is 0. The van der Waals surface area contributed by atoms with Crippen LogP contribution in [0.15, 0.2) is 24.3 Å². The summed E-state index contributed by atoms with van der Waals surface area (Å²) in [4.78, 5) is 27.7. The molecule has 0 aliphatic carbocycles. The first-order valence-corrected chi connectivity index (χ1v) is 9.41. The molecule has 2 heterocycles. The lowest BCUT2D eigenvalue weighted by Gasteiger charge is -2.30. The van der Waals surface area contributed by atoms with Gasteiger partial charge >= 0.3 is 0 Å². The van der Waals surface area contributed by atoms with E-state index in [0.717, 1.165) is 38.9 Å². The quantitative estimate of drug-likeness (QED) is 0.837. The van der Waals surface area contributed by atoms with E-state index in [9.17, 15) is 9.59 Å². The number of fused-ring (bicyclic) bond motifs is 1. The molecule has 5 nitrogen and oxygen atoms in total. The predicted octanol–water partition coefficient (Wildman–Crippen LogP) is 1.42. The fourth-order valence-electron chi connectivity index (χ4n) is 3.65. The molecule has 0 aromatic heterocycles. The smallest absolute Gasteiger partial charge is 0.223 e. The van der Waals surface area contributed by atoms with Crippen LogP contribution in [0.5, 0.6) is 0 Å². The maximum Gasteiger partial charge on any atom is 0.223 e. The van der Waals surface area contributed by atoms with Crippen LogP contribution in [-0.4, -0.2) is 54.3 Å². The minimum atomic E-state index is 0.00555. The monoisotopic (exact) mass is 353 g/mol. The second-order valence-electron chi connectivity index (χ2n) is 7.08. The van der Waals surface area contributed by atoms with Crippen molar-refractivity contribution in [2.75, 3.05) is 32.7 Å². The Morgan fingerprint density at radius 3 is 2.58 bits per heavy atom. The first kappa shape index (κ1) is 18.5. The summed E-state index contributed by atoms with van der Waals surface area (Å²) in [5.41, 5.74) is 2.84. The molecule has 2 aliphatic heterocycles. The Kier molecular flexibility index (Phi) is 6.30. The molecule has 1 aromatic carbocycles. The summed E-state index contributed by atoms with van der Waals surface area (Å²) in [6.45, 7) is 6.05. The normalized spacial score (nSPS) is 17.8. The van der Waals surface area contributed by atoms with Crippen molar-refractivity contribution in [3.05, 3.63) is 35.4 Å². The number of hydrogen-bond acceptors (Lipinski definition) is 3. The molecule has 1 aromatic rings. The molecule has 1 saturated heterocycles. The topological polar surface area (TPSA) is 52.7 Å². The van der Waals surface area contributed by atoms with Crippen molar-refractivity contribution in [3.8, 4) is 11.8 Å². The zero-order valence-corrected chi connectivity index (χ0v) is 15.5. The van der Waals surface area contributed by atoms with Crippen LogP contribution in [0.4, 0.5) is 0 Å². The number of nitrogens with zero attached hydrogens (tertiary/aromatic N) is 2. The third-order valence-electron chi connectivity index (χ3n) is 5.30. The van der Waals surface area contributed by atoms with Gasteiger partial charge in [0.1, 0.15) is 0 Å². The third kappa shape index (κ3) is 4.86. The Labute approximate surface area is 155 Å². The molecule has 1 fully saturated rings. The van der Waals surface area contributed by atoms with Crippen molar-refractivity contribution >= 4 is 11.8 Å². The minimum Gasteiger partial charge on any atom is -0.345 e. The van der Waals surface area contributed by atoms with Gasteiger partial charge in [-0.15, -0.1) is 0 Å². The van der Waals surface area contributed by atoms with Crippen molar-refractivity contribution in [1.82, 2.24) is 15.1 Å². The average Bonchev–Trinajstić information content (AvgIpc) is 2.67. The van der Waals surface area contributed by atoms with Crippen molar-refractivity contribution in [1.29, 1.82) is 0 Å². The van der Waals surface area contributed by atoms with E-state index in [-0.39, 0.29) is 17.7 Å². The van der Waals surface area contributed by atoms with Gasteiger partial charge in [-0.25, -0.2) is 0 Å². The van der Waals surface area contributed by atoms with Crippen molar-refractivity contribution in [2.24, 2.45) is 5.92 Å². The summed E-state index contributed by atoms with van der Waals surface area (Å²) in [6.07, 6.45) is 2.56. The summed E-state index contributed by atoms with van der Waals surface area (Å²) in [5, 5.41) is 2.92. The van der Waals surface area contributed by atoms with Crippen LogP contribution in [0, 0.1) is 17.8 Å².